The lowest BCUT2D eigenvalue weighted by atomic mass is 9.93. The molecule has 84 valence electrons. The quantitative estimate of drug-likeness (QED) is 0.825. The maximum absolute atomic E-state index is 6.06. The van der Waals surface area contributed by atoms with E-state index in [4.69, 9.17) is 5.73 Å². The lowest BCUT2D eigenvalue weighted by Crippen LogP contribution is -2.34. The smallest absolute Gasteiger partial charge is 0.137 e. The first kappa shape index (κ1) is 10.9. The summed E-state index contributed by atoms with van der Waals surface area (Å²) in [5.74, 6) is 0.903. The van der Waals surface area contributed by atoms with Crippen LogP contribution in [0.2, 0.25) is 0 Å². The average molecular weight is 215 g/mol. The monoisotopic (exact) mass is 215 g/mol. The third-order valence-electron chi connectivity index (χ3n) is 2.42. The summed E-state index contributed by atoms with van der Waals surface area (Å²) in [5.41, 5.74) is 8.21. The number of aromatic amines is 1. The molecule has 0 radical (unpaired) electrons. The first-order valence-electron chi connectivity index (χ1n) is 5.43. The number of imidazole rings is 1. The molecule has 0 bridgehead atoms. The molecule has 3 N–H and O–H groups in total. The van der Waals surface area contributed by atoms with Crippen molar-refractivity contribution in [2.75, 3.05) is 0 Å². The molecular weight excluding hydrogens is 198 g/mol. The fourth-order valence-electron chi connectivity index (χ4n) is 1.81. The van der Waals surface area contributed by atoms with Gasteiger partial charge in [0.05, 0.1) is 0 Å². The zero-order valence-corrected chi connectivity index (χ0v) is 9.70. The molecule has 2 aromatic rings. The van der Waals surface area contributed by atoms with Crippen molar-refractivity contribution in [3.8, 4) is 11.4 Å². The Labute approximate surface area is 95.7 Å². The largest absolute Gasteiger partial charge is 0.345 e. The molecule has 3 heteroatoms. The number of hydrogen-bond donors (Lipinski definition) is 2. The summed E-state index contributed by atoms with van der Waals surface area (Å²) in [6.45, 7) is 4.07. The second-order valence-electron chi connectivity index (χ2n) is 4.76. The SMILES string of the molecule is CC(C)(N)Cc1ccccc1-c1ncc[nH]1. The Morgan fingerprint density at radius 2 is 2.06 bits per heavy atom. The van der Waals surface area contributed by atoms with Crippen molar-refractivity contribution in [2.24, 2.45) is 5.73 Å². The van der Waals surface area contributed by atoms with Gasteiger partial charge in [-0.1, -0.05) is 24.3 Å². The van der Waals surface area contributed by atoms with Gasteiger partial charge in [0, 0.05) is 23.5 Å². The van der Waals surface area contributed by atoms with Crippen molar-refractivity contribution in [3.63, 3.8) is 0 Å². The van der Waals surface area contributed by atoms with Gasteiger partial charge in [-0.3, -0.25) is 0 Å². The Morgan fingerprint density at radius 3 is 2.69 bits per heavy atom. The minimum Gasteiger partial charge on any atom is -0.345 e. The maximum atomic E-state index is 6.06. The van der Waals surface area contributed by atoms with Crippen molar-refractivity contribution in [3.05, 3.63) is 42.2 Å². The molecule has 0 atom stereocenters. The van der Waals surface area contributed by atoms with E-state index in [0.29, 0.717) is 0 Å². The van der Waals surface area contributed by atoms with Crippen LogP contribution in [0.5, 0.6) is 0 Å². The van der Waals surface area contributed by atoms with Gasteiger partial charge in [0.2, 0.25) is 0 Å². The molecule has 1 heterocycles. The highest BCUT2D eigenvalue weighted by atomic mass is 14.9. The minimum atomic E-state index is -0.206. The fourth-order valence-corrected chi connectivity index (χ4v) is 1.81. The van der Waals surface area contributed by atoms with E-state index >= 15 is 0 Å². The van der Waals surface area contributed by atoms with Crippen LogP contribution in [0.25, 0.3) is 11.4 Å². The van der Waals surface area contributed by atoms with Gasteiger partial charge in [0.15, 0.2) is 0 Å². The van der Waals surface area contributed by atoms with E-state index in [0.717, 1.165) is 17.8 Å². The van der Waals surface area contributed by atoms with Crippen molar-refractivity contribution >= 4 is 0 Å². The Morgan fingerprint density at radius 1 is 1.31 bits per heavy atom. The van der Waals surface area contributed by atoms with Crippen molar-refractivity contribution in [1.29, 1.82) is 0 Å². The zero-order chi connectivity index (χ0) is 11.6. The lowest BCUT2D eigenvalue weighted by molar-refractivity contribution is 0.517. The van der Waals surface area contributed by atoms with E-state index in [1.54, 1.807) is 6.20 Å². The average Bonchev–Trinajstić information content (AvgIpc) is 2.69. The Bertz CT molecular complexity index is 452. The highest BCUT2D eigenvalue weighted by molar-refractivity contribution is 5.60. The molecule has 0 saturated heterocycles. The molecule has 3 nitrogen and oxygen atoms in total. The summed E-state index contributed by atoms with van der Waals surface area (Å²) in [7, 11) is 0. The predicted molar refractivity (Wildman–Crippen MR) is 66.0 cm³/mol. The van der Waals surface area contributed by atoms with Gasteiger partial charge in [-0.15, -0.1) is 0 Å². The molecule has 0 aliphatic heterocycles. The number of rotatable bonds is 3. The van der Waals surface area contributed by atoms with E-state index in [9.17, 15) is 0 Å². The fraction of sp³-hybridized carbons (Fsp3) is 0.308. The summed E-state index contributed by atoms with van der Waals surface area (Å²) in [6, 6.07) is 8.23. The number of nitrogens with one attached hydrogen (secondary N) is 1. The first-order chi connectivity index (χ1) is 7.56. The van der Waals surface area contributed by atoms with Crippen LogP contribution in [0.3, 0.4) is 0 Å². The Kier molecular flexibility index (Phi) is 2.79. The van der Waals surface area contributed by atoms with Crippen LogP contribution in [0.1, 0.15) is 19.4 Å². The van der Waals surface area contributed by atoms with Crippen LogP contribution in [0.4, 0.5) is 0 Å². The summed E-state index contributed by atoms with van der Waals surface area (Å²) in [4.78, 5) is 7.41. The third-order valence-corrected chi connectivity index (χ3v) is 2.42. The molecule has 1 aromatic carbocycles. The molecule has 16 heavy (non-hydrogen) atoms. The zero-order valence-electron chi connectivity index (χ0n) is 9.70. The normalized spacial score (nSPS) is 11.7. The van der Waals surface area contributed by atoms with Crippen molar-refractivity contribution in [2.45, 2.75) is 25.8 Å². The van der Waals surface area contributed by atoms with Crippen molar-refractivity contribution < 1.29 is 0 Å². The van der Waals surface area contributed by atoms with Gasteiger partial charge in [-0.05, 0) is 25.8 Å². The molecule has 0 amide bonds. The van der Waals surface area contributed by atoms with Gasteiger partial charge < -0.3 is 10.7 Å². The van der Waals surface area contributed by atoms with Crippen LogP contribution >= 0.6 is 0 Å². The molecule has 0 unspecified atom stereocenters. The van der Waals surface area contributed by atoms with Crippen LogP contribution < -0.4 is 5.73 Å². The Balaban J connectivity index is 2.39. The topological polar surface area (TPSA) is 54.7 Å². The first-order valence-corrected chi connectivity index (χ1v) is 5.43. The molecule has 0 saturated carbocycles. The van der Waals surface area contributed by atoms with E-state index in [-0.39, 0.29) is 5.54 Å². The highest BCUT2D eigenvalue weighted by Crippen LogP contribution is 2.22. The number of nitrogens with two attached hydrogens (primary N) is 1. The predicted octanol–water partition coefficient (Wildman–Crippen LogP) is 2.36. The van der Waals surface area contributed by atoms with E-state index in [1.807, 2.05) is 32.2 Å². The molecule has 0 fully saturated rings. The van der Waals surface area contributed by atoms with Gasteiger partial charge in [0.1, 0.15) is 5.82 Å². The Hall–Kier alpha value is -1.61. The van der Waals surface area contributed by atoms with Crippen LogP contribution in [0, 0.1) is 0 Å². The number of benzene rings is 1. The van der Waals surface area contributed by atoms with Gasteiger partial charge in [-0.2, -0.15) is 0 Å². The molecule has 0 spiro atoms. The number of nitrogens with zero attached hydrogens (tertiary/aromatic N) is 1. The molecule has 0 aliphatic carbocycles. The lowest BCUT2D eigenvalue weighted by Gasteiger charge is -2.20. The van der Waals surface area contributed by atoms with Crippen LogP contribution in [-0.4, -0.2) is 15.5 Å². The van der Waals surface area contributed by atoms with Gasteiger partial charge in [0.25, 0.3) is 0 Å². The summed E-state index contributed by atoms with van der Waals surface area (Å²) < 4.78 is 0. The second kappa shape index (κ2) is 4.10. The van der Waals surface area contributed by atoms with E-state index in [1.165, 1.54) is 5.56 Å². The van der Waals surface area contributed by atoms with Gasteiger partial charge in [-0.25, -0.2) is 4.98 Å². The number of aromatic nitrogens is 2. The second-order valence-corrected chi connectivity index (χ2v) is 4.76. The van der Waals surface area contributed by atoms with Gasteiger partial charge >= 0.3 is 0 Å². The van der Waals surface area contributed by atoms with E-state index in [2.05, 4.69) is 22.1 Å². The molecular formula is C13H17N3. The highest BCUT2D eigenvalue weighted by Gasteiger charge is 2.15. The standard InChI is InChI=1S/C13H17N3/c1-13(2,14)9-10-5-3-4-6-11(10)12-15-7-8-16-12/h3-8H,9,14H2,1-2H3,(H,15,16). The summed E-state index contributed by atoms with van der Waals surface area (Å²) in [6.07, 6.45) is 4.43. The summed E-state index contributed by atoms with van der Waals surface area (Å²) >= 11 is 0. The van der Waals surface area contributed by atoms with Crippen LogP contribution in [0.15, 0.2) is 36.7 Å². The van der Waals surface area contributed by atoms with Crippen LogP contribution in [-0.2, 0) is 6.42 Å². The maximum Gasteiger partial charge on any atom is 0.137 e. The number of hydrogen-bond acceptors (Lipinski definition) is 2. The van der Waals surface area contributed by atoms with E-state index < -0.39 is 0 Å². The molecule has 2 rings (SSSR count). The minimum absolute atomic E-state index is 0.206. The van der Waals surface area contributed by atoms with Crippen molar-refractivity contribution in [1.82, 2.24) is 9.97 Å². The summed E-state index contributed by atoms with van der Waals surface area (Å²) in [5, 5.41) is 0. The molecule has 0 aliphatic rings. The molecule has 1 aromatic heterocycles. The third kappa shape index (κ3) is 2.49. The number of H-pyrrole nitrogens is 1.